The Labute approximate surface area is 129 Å². The predicted octanol–water partition coefficient (Wildman–Crippen LogP) is 1.16. The summed E-state index contributed by atoms with van der Waals surface area (Å²) in [5.41, 5.74) is 1.11. The average molecular weight is 324 g/mol. The van der Waals surface area contributed by atoms with Gasteiger partial charge in [-0.3, -0.25) is 0 Å². The Morgan fingerprint density at radius 2 is 2.14 bits per heavy atom. The Morgan fingerprint density at radius 3 is 2.77 bits per heavy atom. The van der Waals surface area contributed by atoms with Gasteiger partial charge in [0.2, 0.25) is 10.0 Å². The lowest BCUT2D eigenvalue weighted by atomic mass is 10.1. The smallest absolute Gasteiger partial charge is 0.258 e. The summed E-state index contributed by atoms with van der Waals surface area (Å²) in [5, 5.41) is 7.79. The first-order chi connectivity index (χ1) is 10.6. The number of nitrogens with one attached hydrogen (secondary N) is 1. The molecule has 0 aliphatic carbocycles. The van der Waals surface area contributed by atoms with Gasteiger partial charge in [0.15, 0.2) is 0 Å². The highest BCUT2D eigenvalue weighted by atomic mass is 32.2. The van der Waals surface area contributed by atoms with Crippen LogP contribution in [-0.4, -0.2) is 49.0 Å². The molecule has 120 valence electrons. The number of pyridine rings is 1. The summed E-state index contributed by atoms with van der Waals surface area (Å²) < 4.78 is 32.2. The van der Waals surface area contributed by atoms with Crippen molar-refractivity contribution < 1.29 is 12.9 Å². The molecule has 2 aromatic heterocycles. The van der Waals surface area contributed by atoms with E-state index in [1.54, 1.807) is 6.07 Å². The molecule has 1 fully saturated rings. The first-order valence-electron chi connectivity index (χ1n) is 7.48. The average Bonchev–Trinajstić information content (AvgIpc) is 2.97. The Morgan fingerprint density at radius 1 is 1.41 bits per heavy atom. The van der Waals surface area contributed by atoms with Gasteiger partial charge in [0.1, 0.15) is 4.90 Å². The van der Waals surface area contributed by atoms with E-state index in [9.17, 15) is 8.42 Å². The molecule has 7 nitrogen and oxygen atoms in total. The number of piperidine rings is 1. The van der Waals surface area contributed by atoms with E-state index >= 15 is 0 Å². The molecule has 1 N–H and O–H groups in total. The summed E-state index contributed by atoms with van der Waals surface area (Å²) in [5.74, 6) is 0. The van der Waals surface area contributed by atoms with Crippen molar-refractivity contribution in [3.8, 4) is 0 Å². The fourth-order valence-corrected chi connectivity index (χ4v) is 4.23. The molecule has 1 aliphatic heterocycles. The number of nitrogens with zero attached hydrogens (tertiary/aromatic N) is 3. The number of sulfonamides is 1. The Balaban J connectivity index is 1.92. The normalized spacial score (nSPS) is 18.1. The van der Waals surface area contributed by atoms with E-state index in [1.165, 1.54) is 10.5 Å². The number of hydrogen-bond acceptors (Lipinski definition) is 6. The third-order valence-electron chi connectivity index (χ3n) is 4.21. The number of aromatic nitrogens is 2. The van der Waals surface area contributed by atoms with E-state index in [0.717, 1.165) is 18.5 Å². The van der Waals surface area contributed by atoms with Crippen LogP contribution in [0.15, 0.2) is 21.7 Å². The molecule has 0 saturated carbocycles. The zero-order valence-electron chi connectivity index (χ0n) is 12.7. The molecule has 0 aromatic carbocycles. The van der Waals surface area contributed by atoms with Crippen LogP contribution in [0.1, 0.15) is 25.5 Å². The minimum atomic E-state index is -3.51. The lowest BCUT2D eigenvalue weighted by Gasteiger charge is -2.30. The minimum Gasteiger partial charge on any atom is -0.336 e. The first kappa shape index (κ1) is 15.4. The summed E-state index contributed by atoms with van der Waals surface area (Å²) in [6, 6.07) is 2.01. The summed E-state index contributed by atoms with van der Waals surface area (Å²) in [7, 11) is -1.61. The number of aryl methyl sites for hydroxylation is 1. The zero-order chi connectivity index (χ0) is 15.7. The molecule has 0 bridgehead atoms. The molecule has 3 heterocycles. The van der Waals surface area contributed by atoms with Crippen LogP contribution in [0.2, 0.25) is 0 Å². The Kier molecular flexibility index (Phi) is 4.16. The van der Waals surface area contributed by atoms with Crippen molar-refractivity contribution in [2.24, 2.45) is 0 Å². The molecule has 22 heavy (non-hydrogen) atoms. The summed E-state index contributed by atoms with van der Waals surface area (Å²) in [4.78, 5) is 4.30. The van der Waals surface area contributed by atoms with Crippen molar-refractivity contribution in [1.82, 2.24) is 19.8 Å². The minimum absolute atomic E-state index is 0.209. The van der Waals surface area contributed by atoms with Gasteiger partial charge in [0.05, 0.1) is 17.3 Å². The SMILES string of the molecule is CCc1noc2ncc(S(=O)(=O)N3CCC(NC)CC3)cc12. The van der Waals surface area contributed by atoms with Gasteiger partial charge in [-0.25, -0.2) is 13.4 Å². The summed E-state index contributed by atoms with van der Waals surface area (Å²) in [6.45, 7) is 2.99. The van der Waals surface area contributed by atoms with Crippen LogP contribution in [0.4, 0.5) is 0 Å². The molecule has 3 rings (SSSR count). The van der Waals surface area contributed by atoms with Gasteiger partial charge in [-0.15, -0.1) is 0 Å². The largest absolute Gasteiger partial charge is 0.336 e. The topological polar surface area (TPSA) is 88.3 Å². The van der Waals surface area contributed by atoms with E-state index in [0.29, 0.717) is 36.7 Å². The van der Waals surface area contributed by atoms with Crippen molar-refractivity contribution in [2.75, 3.05) is 20.1 Å². The molecule has 0 spiro atoms. The monoisotopic (exact) mass is 324 g/mol. The van der Waals surface area contributed by atoms with E-state index in [4.69, 9.17) is 4.52 Å². The molecule has 0 amide bonds. The second kappa shape index (κ2) is 5.94. The van der Waals surface area contributed by atoms with Crippen molar-refractivity contribution >= 4 is 21.1 Å². The van der Waals surface area contributed by atoms with Crippen LogP contribution in [0, 0.1) is 0 Å². The fraction of sp³-hybridized carbons (Fsp3) is 0.571. The molecule has 8 heteroatoms. The molecular formula is C14H20N4O3S. The Hall–Kier alpha value is -1.51. The van der Waals surface area contributed by atoms with Crippen LogP contribution in [-0.2, 0) is 16.4 Å². The van der Waals surface area contributed by atoms with Crippen molar-refractivity contribution in [3.05, 3.63) is 18.0 Å². The number of hydrogen-bond donors (Lipinski definition) is 1. The molecular weight excluding hydrogens is 304 g/mol. The van der Waals surface area contributed by atoms with Gasteiger partial charge in [0.25, 0.3) is 5.71 Å². The fourth-order valence-electron chi connectivity index (χ4n) is 2.79. The maximum absolute atomic E-state index is 12.8. The molecule has 1 aliphatic rings. The first-order valence-corrected chi connectivity index (χ1v) is 8.92. The predicted molar refractivity (Wildman–Crippen MR) is 82.0 cm³/mol. The highest BCUT2D eigenvalue weighted by Crippen LogP contribution is 2.24. The molecule has 1 saturated heterocycles. The van der Waals surface area contributed by atoms with Gasteiger partial charge in [-0.1, -0.05) is 12.1 Å². The quantitative estimate of drug-likeness (QED) is 0.908. The molecule has 0 radical (unpaired) electrons. The van der Waals surface area contributed by atoms with Gasteiger partial charge < -0.3 is 9.84 Å². The van der Waals surface area contributed by atoms with E-state index in [2.05, 4.69) is 15.5 Å². The molecule has 0 atom stereocenters. The van der Waals surface area contributed by atoms with Crippen molar-refractivity contribution in [3.63, 3.8) is 0 Å². The molecule has 0 unspecified atom stereocenters. The number of rotatable bonds is 4. The standard InChI is InChI=1S/C14H20N4O3S/c1-3-13-12-8-11(9-16-14(12)21-17-13)22(19,20)18-6-4-10(15-2)5-7-18/h8-10,15H,3-7H2,1-2H3. The summed E-state index contributed by atoms with van der Waals surface area (Å²) in [6.07, 6.45) is 3.66. The van der Waals surface area contributed by atoms with Crippen LogP contribution >= 0.6 is 0 Å². The van der Waals surface area contributed by atoms with Gasteiger partial charge in [0, 0.05) is 19.1 Å². The van der Waals surface area contributed by atoms with Gasteiger partial charge in [-0.05, 0) is 32.4 Å². The number of fused-ring (bicyclic) bond motifs is 1. The highest BCUT2D eigenvalue weighted by Gasteiger charge is 2.29. The van der Waals surface area contributed by atoms with E-state index in [1.807, 2.05) is 14.0 Å². The van der Waals surface area contributed by atoms with Crippen LogP contribution in [0.3, 0.4) is 0 Å². The lowest BCUT2D eigenvalue weighted by Crippen LogP contribution is -2.43. The lowest BCUT2D eigenvalue weighted by molar-refractivity contribution is 0.298. The van der Waals surface area contributed by atoms with Crippen LogP contribution < -0.4 is 5.32 Å². The second-order valence-electron chi connectivity index (χ2n) is 5.47. The second-order valence-corrected chi connectivity index (χ2v) is 7.41. The maximum atomic E-state index is 12.8. The van der Waals surface area contributed by atoms with Gasteiger partial charge in [-0.2, -0.15) is 4.31 Å². The third kappa shape index (κ3) is 2.62. The Bertz CT molecular complexity index is 763. The van der Waals surface area contributed by atoms with Gasteiger partial charge >= 0.3 is 0 Å². The molecule has 2 aromatic rings. The van der Waals surface area contributed by atoms with Crippen molar-refractivity contribution in [1.29, 1.82) is 0 Å². The highest BCUT2D eigenvalue weighted by molar-refractivity contribution is 7.89. The van der Waals surface area contributed by atoms with Crippen LogP contribution in [0.5, 0.6) is 0 Å². The van der Waals surface area contributed by atoms with E-state index < -0.39 is 10.0 Å². The maximum Gasteiger partial charge on any atom is 0.258 e. The zero-order valence-corrected chi connectivity index (χ0v) is 13.6. The van der Waals surface area contributed by atoms with Crippen LogP contribution in [0.25, 0.3) is 11.1 Å². The van der Waals surface area contributed by atoms with Crippen molar-refractivity contribution in [2.45, 2.75) is 37.1 Å². The summed E-state index contributed by atoms with van der Waals surface area (Å²) >= 11 is 0. The van der Waals surface area contributed by atoms with E-state index in [-0.39, 0.29) is 4.90 Å². The third-order valence-corrected chi connectivity index (χ3v) is 6.08.